The van der Waals surface area contributed by atoms with Crippen LogP contribution in [0.3, 0.4) is 0 Å². The number of piperidine rings is 2. The topological polar surface area (TPSA) is 178 Å². The van der Waals surface area contributed by atoms with Crippen LogP contribution in [-0.2, 0) is 23.8 Å². The number of unbranched alkanes of at least 4 members (excludes halogenated alkanes) is 2. The van der Waals surface area contributed by atoms with Gasteiger partial charge in [0.15, 0.2) is 0 Å². The number of nitrogens with one attached hydrogen (secondary N) is 2. The zero-order chi connectivity index (χ0) is 34.6. The third kappa shape index (κ3) is 8.53. The smallest absolute Gasteiger partial charge is 0.333 e. The van der Waals surface area contributed by atoms with Crippen LogP contribution < -0.4 is 22.1 Å². The number of esters is 1. The summed E-state index contributed by atoms with van der Waals surface area (Å²) in [6.45, 7) is 9.32. The van der Waals surface area contributed by atoms with E-state index in [2.05, 4.69) is 24.5 Å². The molecule has 1 saturated carbocycles. The first-order chi connectivity index (χ1) is 23.0. The highest BCUT2D eigenvalue weighted by Gasteiger charge is 2.62. The number of aliphatic hydroxyl groups is 2. The van der Waals surface area contributed by atoms with Gasteiger partial charge in [0.1, 0.15) is 17.5 Å². The highest BCUT2D eigenvalue weighted by atomic mass is 16.6. The van der Waals surface area contributed by atoms with Crippen molar-refractivity contribution in [3.63, 3.8) is 0 Å². The summed E-state index contributed by atoms with van der Waals surface area (Å²) >= 11 is 0. The van der Waals surface area contributed by atoms with Gasteiger partial charge in [0.05, 0.1) is 49.3 Å². The highest BCUT2D eigenvalue weighted by molar-refractivity contribution is 5.87. The Morgan fingerprint density at radius 3 is 2.60 bits per heavy atom. The van der Waals surface area contributed by atoms with Crippen LogP contribution in [0.2, 0.25) is 0 Å². The summed E-state index contributed by atoms with van der Waals surface area (Å²) in [4.78, 5) is 27.0. The molecule has 5 fully saturated rings. The van der Waals surface area contributed by atoms with E-state index in [-0.39, 0.29) is 43.0 Å². The number of allylic oxidation sites excluding steroid dienone is 1. The molecule has 4 heterocycles. The second-order valence-electron chi connectivity index (χ2n) is 15.9. The Morgan fingerprint density at radius 1 is 1.15 bits per heavy atom. The van der Waals surface area contributed by atoms with Gasteiger partial charge in [-0.05, 0) is 96.6 Å². The number of nitrogens with two attached hydrogens (primary N) is 2. The molecular formula is C37H64N4O7. The molecule has 48 heavy (non-hydrogen) atoms. The first-order valence-corrected chi connectivity index (χ1v) is 18.9. The molecule has 0 radical (unpaired) electrons. The number of Topliss-reactive ketones (excluding diaryl/α,β-unsaturated/α-hetero) is 1. The standard InChI is InChI=1S/C37H64N4O7/c1-5-7-8-9-23(24-10-11-30(38)41-19-24)18-37(4)29(47-36(45)21(3)6-2)17-26-33(44)32-28(43)16-25(20-42)46-35(32)27(34(26)48-37)14-22-12-13-40-31(39)15-22/h6,22-27,29-35,40-42,44H,5,7-20,38-39H2,1-4H3/t22?,23-,24?,25?,26?,27?,29-,30?,31?,32?,33?,34?,35?,37-/m1/s1. The van der Waals surface area contributed by atoms with Crippen LogP contribution in [0.5, 0.6) is 0 Å². The normalized spacial score (nSPS) is 42.8. The van der Waals surface area contributed by atoms with Gasteiger partial charge in [-0.2, -0.15) is 0 Å². The third-order valence-corrected chi connectivity index (χ3v) is 12.5. The van der Waals surface area contributed by atoms with Crippen molar-refractivity contribution < 1.29 is 34.0 Å². The van der Waals surface area contributed by atoms with Gasteiger partial charge in [-0.1, -0.05) is 38.7 Å². The second kappa shape index (κ2) is 16.7. The number of carbonyl (C=O) groups is 2. The monoisotopic (exact) mass is 676 g/mol. The van der Waals surface area contributed by atoms with E-state index >= 15 is 0 Å². The second-order valence-corrected chi connectivity index (χ2v) is 15.9. The highest BCUT2D eigenvalue weighted by Crippen LogP contribution is 2.53. The number of hydrogen-bond donors (Lipinski definition) is 6. The van der Waals surface area contributed by atoms with Crippen molar-refractivity contribution in [1.29, 1.82) is 0 Å². The molecule has 0 aromatic rings. The SMILES string of the molecule is CC=C(C)C(=O)O[C@@H]1CC2C(O)C3C(=O)CC(CO)OC3C(CC3CCNC(N)C3)C2O[C@]1(C)C[C@@H](CCCCC)C1CCC(N)NC1. The van der Waals surface area contributed by atoms with Gasteiger partial charge in [0.25, 0.3) is 0 Å². The Hall–Kier alpha value is -1.44. The zero-order valence-electron chi connectivity index (χ0n) is 29.8. The molecule has 5 aliphatic rings. The van der Waals surface area contributed by atoms with E-state index in [0.29, 0.717) is 36.2 Å². The van der Waals surface area contributed by atoms with Gasteiger partial charge in [-0.3, -0.25) is 4.79 Å². The quantitative estimate of drug-likeness (QED) is 0.102. The van der Waals surface area contributed by atoms with E-state index in [4.69, 9.17) is 25.7 Å². The number of fused-ring (bicyclic) bond motifs is 2. The van der Waals surface area contributed by atoms with Crippen LogP contribution in [-0.4, -0.2) is 90.1 Å². The maximum absolute atomic E-state index is 13.6. The molecular weight excluding hydrogens is 612 g/mol. The first-order valence-electron chi connectivity index (χ1n) is 18.9. The fraction of sp³-hybridized carbons (Fsp3) is 0.892. The Kier molecular flexibility index (Phi) is 13.2. The average molecular weight is 677 g/mol. The number of carbonyl (C=O) groups excluding carboxylic acids is 2. The zero-order valence-corrected chi connectivity index (χ0v) is 29.8. The van der Waals surface area contributed by atoms with Crippen molar-refractivity contribution in [3.05, 3.63) is 11.6 Å². The molecule has 8 N–H and O–H groups in total. The van der Waals surface area contributed by atoms with E-state index in [1.807, 2.05) is 6.92 Å². The summed E-state index contributed by atoms with van der Waals surface area (Å²) in [7, 11) is 0. The molecule has 1 aliphatic carbocycles. The number of ether oxygens (including phenoxy) is 3. The molecule has 11 unspecified atom stereocenters. The number of ketones is 1. The van der Waals surface area contributed by atoms with E-state index in [1.165, 1.54) is 0 Å². The van der Waals surface area contributed by atoms with Gasteiger partial charge < -0.3 is 46.5 Å². The Labute approximate surface area is 287 Å². The van der Waals surface area contributed by atoms with Crippen molar-refractivity contribution >= 4 is 11.8 Å². The lowest BCUT2D eigenvalue weighted by atomic mass is 9.60. The van der Waals surface area contributed by atoms with Crippen molar-refractivity contribution in [2.24, 2.45) is 47.0 Å². The van der Waals surface area contributed by atoms with Crippen LogP contribution in [0.4, 0.5) is 0 Å². The number of aliphatic hydroxyl groups excluding tert-OH is 2. The summed E-state index contributed by atoms with van der Waals surface area (Å²) in [5.41, 5.74) is 12.3. The van der Waals surface area contributed by atoms with Crippen LogP contribution >= 0.6 is 0 Å². The average Bonchev–Trinajstić information content (AvgIpc) is 3.06. The minimum atomic E-state index is -1.00. The Balaban J connectivity index is 1.50. The van der Waals surface area contributed by atoms with E-state index in [0.717, 1.165) is 70.9 Å². The maximum Gasteiger partial charge on any atom is 0.333 e. The summed E-state index contributed by atoms with van der Waals surface area (Å²) in [5.74, 6) is -0.702. The molecule has 0 spiro atoms. The molecule has 14 atom stereocenters. The molecule has 4 saturated heterocycles. The minimum absolute atomic E-state index is 0.0128. The fourth-order valence-electron chi connectivity index (χ4n) is 9.63. The Bertz CT molecular complexity index is 1120. The fourth-order valence-corrected chi connectivity index (χ4v) is 9.63. The van der Waals surface area contributed by atoms with E-state index < -0.39 is 48.0 Å². The van der Waals surface area contributed by atoms with Crippen molar-refractivity contribution in [1.82, 2.24) is 10.6 Å². The lowest BCUT2D eigenvalue weighted by molar-refractivity contribution is -0.288. The maximum atomic E-state index is 13.6. The molecule has 0 aromatic heterocycles. The number of rotatable bonds is 12. The Morgan fingerprint density at radius 2 is 1.94 bits per heavy atom. The lowest BCUT2D eigenvalue weighted by Crippen LogP contribution is -2.68. The first kappa shape index (κ1) is 37.8. The van der Waals surface area contributed by atoms with Crippen molar-refractivity contribution in [3.8, 4) is 0 Å². The molecule has 4 aliphatic heterocycles. The molecule has 274 valence electrons. The predicted octanol–water partition coefficient (Wildman–Crippen LogP) is 2.90. The van der Waals surface area contributed by atoms with Gasteiger partial charge in [-0.25, -0.2) is 4.79 Å². The molecule has 11 heteroatoms. The minimum Gasteiger partial charge on any atom is -0.456 e. The molecule has 0 amide bonds. The van der Waals surface area contributed by atoms with Crippen molar-refractivity contribution in [2.75, 3.05) is 19.7 Å². The molecule has 0 aromatic carbocycles. The summed E-state index contributed by atoms with van der Waals surface area (Å²) in [5, 5.41) is 28.9. The van der Waals surface area contributed by atoms with Gasteiger partial charge in [0, 0.05) is 23.8 Å². The summed E-state index contributed by atoms with van der Waals surface area (Å²) in [6, 6.07) is 0. The lowest BCUT2D eigenvalue weighted by Gasteiger charge is -2.58. The third-order valence-electron chi connectivity index (χ3n) is 12.5. The predicted molar refractivity (Wildman–Crippen MR) is 183 cm³/mol. The van der Waals surface area contributed by atoms with E-state index in [9.17, 15) is 19.8 Å². The van der Waals surface area contributed by atoms with Crippen LogP contribution in [0, 0.1) is 35.5 Å². The van der Waals surface area contributed by atoms with E-state index in [1.54, 1.807) is 13.0 Å². The molecule has 5 rings (SSSR count). The van der Waals surface area contributed by atoms with Crippen molar-refractivity contribution in [2.45, 2.75) is 153 Å². The van der Waals surface area contributed by atoms with Crippen LogP contribution in [0.1, 0.15) is 105 Å². The number of hydrogen-bond acceptors (Lipinski definition) is 11. The molecule has 11 nitrogen and oxygen atoms in total. The molecule has 0 bridgehead atoms. The van der Waals surface area contributed by atoms with Crippen LogP contribution in [0.25, 0.3) is 0 Å². The summed E-state index contributed by atoms with van der Waals surface area (Å²) in [6.07, 6.45) is 8.62. The largest absolute Gasteiger partial charge is 0.456 e. The van der Waals surface area contributed by atoms with Gasteiger partial charge in [-0.15, -0.1) is 0 Å². The van der Waals surface area contributed by atoms with Gasteiger partial charge >= 0.3 is 5.97 Å². The van der Waals surface area contributed by atoms with Gasteiger partial charge in [0.2, 0.25) is 0 Å². The van der Waals surface area contributed by atoms with Crippen LogP contribution in [0.15, 0.2) is 11.6 Å². The summed E-state index contributed by atoms with van der Waals surface area (Å²) < 4.78 is 20.2.